The van der Waals surface area contributed by atoms with Crippen molar-refractivity contribution in [2.45, 2.75) is 43.9 Å². The summed E-state index contributed by atoms with van der Waals surface area (Å²) in [7, 11) is 2.12. The lowest BCUT2D eigenvalue weighted by Crippen LogP contribution is -2.28. The summed E-state index contributed by atoms with van der Waals surface area (Å²) >= 11 is 1.98. The number of allylic oxidation sites excluding steroid dienone is 4. The Labute approximate surface area is 235 Å². The van der Waals surface area contributed by atoms with Gasteiger partial charge in [-0.25, -0.2) is 0 Å². The summed E-state index contributed by atoms with van der Waals surface area (Å²) in [6.45, 7) is 8.02. The van der Waals surface area contributed by atoms with E-state index in [2.05, 4.69) is 129 Å². The highest BCUT2D eigenvalue weighted by molar-refractivity contribution is 8.00. The normalized spacial score (nSPS) is 21.9. The van der Waals surface area contributed by atoms with E-state index >= 15 is 0 Å². The molecule has 0 radical (unpaired) electrons. The number of benzene rings is 4. The van der Waals surface area contributed by atoms with Gasteiger partial charge in [-0.15, -0.1) is 0 Å². The number of fused-ring (bicyclic) bond motifs is 6. The first-order valence-corrected chi connectivity index (χ1v) is 14.8. The largest absolute Gasteiger partial charge is 0.439 e. The molecule has 0 bridgehead atoms. The van der Waals surface area contributed by atoms with Crippen molar-refractivity contribution in [3.05, 3.63) is 108 Å². The lowest BCUT2D eigenvalue weighted by atomic mass is 9.75. The van der Waals surface area contributed by atoms with E-state index in [1.807, 2.05) is 11.8 Å². The Morgan fingerprint density at radius 3 is 2.33 bits per heavy atom. The van der Waals surface area contributed by atoms with Crippen molar-refractivity contribution in [1.82, 2.24) is 0 Å². The van der Waals surface area contributed by atoms with Crippen LogP contribution >= 0.6 is 11.8 Å². The summed E-state index contributed by atoms with van der Waals surface area (Å²) in [6, 6.07) is 26.1. The number of nitrogens with zero attached hydrogens (tertiary/aromatic N) is 2. The molecule has 39 heavy (non-hydrogen) atoms. The van der Waals surface area contributed by atoms with Crippen molar-refractivity contribution in [3.63, 3.8) is 0 Å². The Morgan fingerprint density at radius 2 is 1.59 bits per heavy atom. The number of thioether (sulfide) groups is 1. The highest BCUT2D eigenvalue weighted by Crippen LogP contribution is 2.49. The number of rotatable bonds is 3. The summed E-state index contributed by atoms with van der Waals surface area (Å²) in [6.07, 6.45) is 9.27. The first-order chi connectivity index (χ1) is 18.9. The third kappa shape index (κ3) is 4.22. The van der Waals surface area contributed by atoms with E-state index in [9.17, 15) is 0 Å². The fourth-order valence-electron chi connectivity index (χ4n) is 6.54. The van der Waals surface area contributed by atoms with E-state index < -0.39 is 0 Å². The molecule has 1 atom stereocenters. The van der Waals surface area contributed by atoms with Crippen LogP contribution in [0.4, 0.5) is 11.4 Å². The van der Waals surface area contributed by atoms with Gasteiger partial charge in [0.1, 0.15) is 0 Å². The third-order valence-electron chi connectivity index (χ3n) is 8.19. The lowest BCUT2D eigenvalue weighted by Gasteiger charge is -2.32. The zero-order chi connectivity index (χ0) is 26.7. The molecule has 0 saturated carbocycles. The molecule has 7 rings (SSSR count). The predicted molar refractivity (Wildman–Crippen MR) is 167 cm³/mol. The van der Waals surface area contributed by atoms with Crippen LogP contribution in [0.1, 0.15) is 33.6 Å². The molecular formula is C35H34N2OS. The van der Waals surface area contributed by atoms with Crippen LogP contribution in [0.15, 0.2) is 113 Å². The Balaban J connectivity index is 1.23. The smallest absolute Gasteiger partial charge is 0.200 e. The maximum atomic E-state index is 6.40. The van der Waals surface area contributed by atoms with Crippen LogP contribution in [-0.2, 0) is 0 Å². The average Bonchev–Trinajstić information content (AvgIpc) is 3.44. The quantitative estimate of drug-likeness (QED) is 0.262. The van der Waals surface area contributed by atoms with E-state index in [4.69, 9.17) is 4.74 Å². The molecule has 4 aromatic rings. The zero-order valence-corrected chi connectivity index (χ0v) is 23.9. The molecule has 196 valence electrons. The molecule has 0 saturated heterocycles. The minimum Gasteiger partial charge on any atom is -0.439 e. The van der Waals surface area contributed by atoms with Gasteiger partial charge in [0.25, 0.3) is 0 Å². The molecule has 0 spiro atoms. The monoisotopic (exact) mass is 530 g/mol. The molecule has 3 aliphatic rings. The third-order valence-corrected chi connectivity index (χ3v) is 9.41. The number of anilines is 2. The van der Waals surface area contributed by atoms with Gasteiger partial charge >= 0.3 is 0 Å². The van der Waals surface area contributed by atoms with Gasteiger partial charge in [0, 0.05) is 35.3 Å². The van der Waals surface area contributed by atoms with Gasteiger partial charge in [-0.1, -0.05) is 92.3 Å². The number of likely N-dealkylation sites (N-methyl/N-ethyl adjacent to an activating group) is 1. The minimum atomic E-state index is 0.184. The molecule has 0 N–H and O–H groups in total. The molecule has 2 aliphatic heterocycles. The zero-order valence-electron chi connectivity index (χ0n) is 23.1. The van der Waals surface area contributed by atoms with Crippen molar-refractivity contribution in [2.75, 3.05) is 23.4 Å². The highest BCUT2D eigenvalue weighted by atomic mass is 32.2. The standard InChI is InChI=1S/C35H34N2OS/c1-5-37-32(39-30-17-15-26-11-7-9-13-28(26)34(30)37)20-24-18-23(21-35(2,3)22-24)19-31-36(4)33-27-12-8-6-10-25(27)14-16-29(33)38-31/h6-20,32H,5,21-22H2,1-4H3/b24-20-,31-19-. The number of ether oxygens (including phenoxy) is 1. The summed E-state index contributed by atoms with van der Waals surface area (Å²) in [5.74, 6) is 1.83. The molecule has 0 amide bonds. The van der Waals surface area contributed by atoms with E-state index in [-0.39, 0.29) is 5.41 Å². The van der Waals surface area contributed by atoms with Crippen molar-refractivity contribution in [1.29, 1.82) is 0 Å². The minimum absolute atomic E-state index is 0.184. The predicted octanol–water partition coefficient (Wildman–Crippen LogP) is 9.29. The Morgan fingerprint density at radius 1 is 0.897 bits per heavy atom. The van der Waals surface area contributed by atoms with Gasteiger partial charge in [-0.2, -0.15) is 0 Å². The van der Waals surface area contributed by atoms with E-state index in [0.717, 1.165) is 36.7 Å². The Kier molecular flexibility index (Phi) is 5.78. The van der Waals surface area contributed by atoms with Gasteiger partial charge < -0.3 is 14.5 Å². The van der Waals surface area contributed by atoms with Crippen LogP contribution in [-0.4, -0.2) is 19.0 Å². The van der Waals surface area contributed by atoms with Crippen molar-refractivity contribution < 1.29 is 4.74 Å². The lowest BCUT2D eigenvalue weighted by molar-refractivity contribution is 0.353. The summed E-state index contributed by atoms with van der Waals surface area (Å²) in [5, 5.41) is 5.42. The Bertz CT molecular complexity index is 1710. The van der Waals surface area contributed by atoms with Crippen LogP contribution in [0.3, 0.4) is 0 Å². The molecule has 2 heterocycles. The van der Waals surface area contributed by atoms with Crippen LogP contribution in [0, 0.1) is 5.41 Å². The van der Waals surface area contributed by atoms with Gasteiger partial charge in [0.2, 0.25) is 5.88 Å². The van der Waals surface area contributed by atoms with E-state index in [1.54, 1.807) is 0 Å². The van der Waals surface area contributed by atoms with Crippen molar-refractivity contribution in [2.24, 2.45) is 5.41 Å². The molecule has 0 aromatic heterocycles. The summed E-state index contributed by atoms with van der Waals surface area (Å²) in [4.78, 5) is 6.15. The first kappa shape index (κ1) is 24.4. The van der Waals surface area contributed by atoms with Crippen molar-refractivity contribution >= 4 is 44.7 Å². The second-order valence-electron chi connectivity index (χ2n) is 11.7. The fourth-order valence-corrected chi connectivity index (χ4v) is 7.91. The maximum Gasteiger partial charge on any atom is 0.200 e. The van der Waals surface area contributed by atoms with Gasteiger partial charge in [0.15, 0.2) is 5.75 Å². The molecule has 1 aliphatic carbocycles. The van der Waals surface area contributed by atoms with Gasteiger partial charge in [-0.05, 0) is 65.3 Å². The van der Waals surface area contributed by atoms with E-state index in [1.165, 1.54) is 43.3 Å². The second-order valence-corrected chi connectivity index (χ2v) is 12.8. The Hall–Kier alpha value is -3.63. The molecule has 3 nitrogen and oxygen atoms in total. The molecule has 4 aromatic carbocycles. The van der Waals surface area contributed by atoms with Crippen LogP contribution < -0.4 is 14.5 Å². The van der Waals surface area contributed by atoms with Gasteiger partial charge in [0.05, 0.1) is 16.7 Å². The van der Waals surface area contributed by atoms with Crippen LogP contribution in [0.2, 0.25) is 0 Å². The SMILES string of the molecule is CCN1c2c(ccc3ccccc23)SC1/C=C1C=C(/C=C2\Oc3ccc4ccccc4c3N2C)CC(C)(C)C/1. The first-order valence-electron chi connectivity index (χ1n) is 13.9. The molecule has 4 heteroatoms. The fraction of sp³-hybridized carbons (Fsp3) is 0.257. The number of hydrogen-bond acceptors (Lipinski definition) is 4. The van der Waals surface area contributed by atoms with Crippen molar-refractivity contribution in [3.8, 4) is 5.75 Å². The van der Waals surface area contributed by atoms with Crippen LogP contribution in [0.25, 0.3) is 21.5 Å². The second kappa shape index (κ2) is 9.24. The molecule has 1 unspecified atom stereocenters. The summed E-state index contributed by atoms with van der Waals surface area (Å²) in [5.41, 5.74) is 5.45. The average molecular weight is 531 g/mol. The summed E-state index contributed by atoms with van der Waals surface area (Å²) < 4.78 is 6.40. The maximum absolute atomic E-state index is 6.40. The van der Waals surface area contributed by atoms with E-state index in [0.29, 0.717) is 5.37 Å². The topological polar surface area (TPSA) is 15.7 Å². The molecular weight excluding hydrogens is 496 g/mol. The number of hydrogen-bond donors (Lipinski definition) is 0. The van der Waals surface area contributed by atoms with Gasteiger partial charge in [-0.3, -0.25) is 0 Å². The molecule has 0 fully saturated rings. The highest BCUT2D eigenvalue weighted by Gasteiger charge is 2.32. The van der Waals surface area contributed by atoms with Crippen LogP contribution in [0.5, 0.6) is 5.75 Å².